The molecule has 1 fully saturated rings. The largest absolute Gasteiger partial charge is 0.336 e. The number of rotatable bonds is 4. The van der Waals surface area contributed by atoms with Crippen LogP contribution in [0.3, 0.4) is 0 Å². The molecule has 1 atom stereocenters. The van der Waals surface area contributed by atoms with Crippen LogP contribution in [-0.2, 0) is 6.42 Å². The van der Waals surface area contributed by atoms with Gasteiger partial charge in [-0.1, -0.05) is 36.2 Å². The van der Waals surface area contributed by atoms with E-state index in [1.807, 2.05) is 18.2 Å². The van der Waals surface area contributed by atoms with Gasteiger partial charge in [-0.15, -0.1) is 5.10 Å². The summed E-state index contributed by atoms with van der Waals surface area (Å²) in [5.41, 5.74) is 7.95. The third-order valence-electron chi connectivity index (χ3n) is 4.02. The molecule has 0 bridgehead atoms. The highest BCUT2D eigenvalue weighted by Crippen LogP contribution is 2.20. The minimum atomic E-state index is -0.0883. The van der Waals surface area contributed by atoms with Crippen LogP contribution in [0.5, 0.6) is 0 Å². The maximum absolute atomic E-state index is 12.7. The van der Waals surface area contributed by atoms with Gasteiger partial charge in [-0.05, 0) is 31.0 Å². The zero-order valence-electron chi connectivity index (χ0n) is 13.1. The molecule has 3 rings (SSSR count). The summed E-state index contributed by atoms with van der Waals surface area (Å²) < 4.78 is 1.71. The van der Waals surface area contributed by atoms with Crippen LogP contribution in [0.25, 0.3) is 5.69 Å². The monoisotopic (exact) mass is 333 g/mol. The second kappa shape index (κ2) is 6.68. The van der Waals surface area contributed by atoms with Crippen LogP contribution in [0.15, 0.2) is 24.3 Å². The van der Waals surface area contributed by atoms with E-state index >= 15 is 0 Å². The van der Waals surface area contributed by atoms with E-state index in [1.165, 1.54) is 0 Å². The van der Waals surface area contributed by atoms with Crippen molar-refractivity contribution in [2.75, 3.05) is 13.1 Å². The van der Waals surface area contributed by atoms with Crippen molar-refractivity contribution in [3.05, 3.63) is 40.7 Å². The second-order valence-electron chi connectivity index (χ2n) is 5.83. The van der Waals surface area contributed by atoms with Crippen LogP contribution < -0.4 is 5.73 Å². The molecule has 1 aromatic carbocycles. The van der Waals surface area contributed by atoms with Crippen molar-refractivity contribution in [3.8, 4) is 5.69 Å². The first-order valence-corrected chi connectivity index (χ1v) is 8.23. The van der Waals surface area contributed by atoms with Gasteiger partial charge in [0.15, 0.2) is 5.69 Å². The van der Waals surface area contributed by atoms with Gasteiger partial charge < -0.3 is 10.6 Å². The highest BCUT2D eigenvalue weighted by atomic mass is 35.5. The average Bonchev–Trinajstić information content (AvgIpc) is 3.14. The quantitative estimate of drug-likeness (QED) is 0.929. The first-order valence-electron chi connectivity index (χ1n) is 7.85. The van der Waals surface area contributed by atoms with Gasteiger partial charge in [0.25, 0.3) is 5.91 Å². The van der Waals surface area contributed by atoms with Gasteiger partial charge in [-0.3, -0.25) is 4.79 Å². The summed E-state index contributed by atoms with van der Waals surface area (Å²) in [4.78, 5) is 14.5. The van der Waals surface area contributed by atoms with Crippen molar-refractivity contribution in [1.82, 2.24) is 19.9 Å². The van der Waals surface area contributed by atoms with Gasteiger partial charge in [0.1, 0.15) is 0 Å². The Labute approximate surface area is 140 Å². The Morgan fingerprint density at radius 2 is 2.30 bits per heavy atom. The van der Waals surface area contributed by atoms with E-state index in [0.717, 1.165) is 30.6 Å². The van der Waals surface area contributed by atoms with Gasteiger partial charge in [0, 0.05) is 24.2 Å². The Hall–Kier alpha value is -1.92. The van der Waals surface area contributed by atoms with Crippen molar-refractivity contribution < 1.29 is 4.79 Å². The van der Waals surface area contributed by atoms with Gasteiger partial charge in [0.05, 0.1) is 11.4 Å². The summed E-state index contributed by atoms with van der Waals surface area (Å²) in [5.74, 6) is -0.0883. The number of hydrogen-bond acceptors (Lipinski definition) is 4. The number of aromatic nitrogens is 3. The molecule has 6 nitrogen and oxygen atoms in total. The summed E-state index contributed by atoms with van der Waals surface area (Å²) in [7, 11) is 0. The smallest absolute Gasteiger partial charge is 0.276 e. The SMILES string of the molecule is CCCc1c(C(=O)N2CC[C@@H](N)C2)nnn1-c1cccc(Cl)c1. The van der Waals surface area contributed by atoms with E-state index in [2.05, 4.69) is 17.2 Å². The molecule has 0 aliphatic carbocycles. The topological polar surface area (TPSA) is 77.0 Å². The molecule has 1 aliphatic rings. The lowest BCUT2D eigenvalue weighted by molar-refractivity contribution is 0.0784. The minimum absolute atomic E-state index is 0.0524. The number of carbonyl (C=O) groups is 1. The number of carbonyl (C=O) groups excluding carboxylic acids is 1. The van der Waals surface area contributed by atoms with Crippen molar-refractivity contribution in [3.63, 3.8) is 0 Å². The number of nitrogens with two attached hydrogens (primary N) is 1. The summed E-state index contributed by atoms with van der Waals surface area (Å²) >= 11 is 6.06. The minimum Gasteiger partial charge on any atom is -0.336 e. The van der Waals surface area contributed by atoms with Crippen LogP contribution in [0.2, 0.25) is 5.02 Å². The third-order valence-corrected chi connectivity index (χ3v) is 4.25. The lowest BCUT2D eigenvalue weighted by Crippen LogP contribution is -2.32. The van der Waals surface area contributed by atoms with Crippen LogP contribution in [0, 0.1) is 0 Å². The van der Waals surface area contributed by atoms with Crippen molar-refractivity contribution in [1.29, 1.82) is 0 Å². The molecule has 0 spiro atoms. The van der Waals surface area contributed by atoms with Crippen molar-refractivity contribution >= 4 is 17.5 Å². The Bertz CT molecular complexity index is 714. The fraction of sp³-hybridized carbons (Fsp3) is 0.438. The molecule has 1 saturated heterocycles. The lowest BCUT2D eigenvalue weighted by Gasteiger charge is -2.15. The predicted molar refractivity (Wildman–Crippen MR) is 88.9 cm³/mol. The van der Waals surface area contributed by atoms with E-state index in [1.54, 1.807) is 15.6 Å². The van der Waals surface area contributed by atoms with Crippen LogP contribution in [0.1, 0.15) is 35.9 Å². The normalized spacial score (nSPS) is 17.7. The molecule has 7 heteroatoms. The van der Waals surface area contributed by atoms with E-state index in [0.29, 0.717) is 23.8 Å². The highest BCUT2D eigenvalue weighted by Gasteiger charge is 2.29. The molecule has 0 saturated carbocycles. The number of likely N-dealkylation sites (tertiary alicyclic amines) is 1. The predicted octanol–water partition coefficient (Wildman–Crippen LogP) is 2.05. The summed E-state index contributed by atoms with van der Waals surface area (Å²) in [5, 5.41) is 8.96. The molecule has 0 radical (unpaired) electrons. The average molecular weight is 334 g/mol. The van der Waals surface area contributed by atoms with Gasteiger partial charge in [0.2, 0.25) is 0 Å². The molecule has 23 heavy (non-hydrogen) atoms. The summed E-state index contributed by atoms with van der Waals surface area (Å²) in [6, 6.07) is 7.43. The number of hydrogen-bond donors (Lipinski definition) is 1. The Morgan fingerprint density at radius 1 is 1.48 bits per heavy atom. The van der Waals surface area contributed by atoms with E-state index in [4.69, 9.17) is 17.3 Å². The summed E-state index contributed by atoms with van der Waals surface area (Å²) in [6.45, 7) is 3.32. The van der Waals surface area contributed by atoms with Crippen molar-refractivity contribution in [2.45, 2.75) is 32.2 Å². The lowest BCUT2D eigenvalue weighted by atomic mass is 10.2. The zero-order valence-corrected chi connectivity index (χ0v) is 13.8. The molecule has 2 aromatic rings. The highest BCUT2D eigenvalue weighted by molar-refractivity contribution is 6.30. The molecule has 1 amide bonds. The Morgan fingerprint density at radius 3 is 2.96 bits per heavy atom. The van der Waals surface area contributed by atoms with Crippen LogP contribution in [0.4, 0.5) is 0 Å². The maximum Gasteiger partial charge on any atom is 0.276 e. The fourth-order valence-corrected chi connectivity index (χ4v) is 3.05. The van der Waals surface area contributed by atoms with Crippen LogP contribution >= 0.6 is 11.6 Å². The molecule has 1 aromatic heterocycles. The van der Waals surface area contributed by atoms with Gasteiger partial charge in [-0.25, -0.2) is 4.68 Å². The molecular formula is C16H20ClN5O. The van der Waals surface area contributed by atoms with Crippen molar-refractivity contribution in [2.24, 2.45) is 5.73 Å². The van der Waals surface area contributed by atoms with E-state index < -0.39 is 0 Å². The molecule has 1 aliphatic heterocycles. The zero-order chi connectivity index (χ0) is 16.4. The van der Waals surface area contributed by atoms with E-state index in [9.17, 15) is 4.79 Å². The standard InChI is InChI=1S/C16H20ClN5O/c1-2-4-14-15(16(23)21-8-7-12(18)10-21)19-20-22(14)13-6-3-5-11(17)9-13/h3,5-6,9,12H,2,4,7-8,10,18H2,1H3/t12-/m1/s1. The third kappa shape index (κ3) is 3.23. The van der Waals surface area contributed by atoms with E-state index in [-0.39, 0.29) is 11.9 Å². The molecule has 0 unspecified atom stereocenters. The number of nitrogens with zero attached hydrogens (tertiary/aromatic N) is 4. The first kappa shape index (κ1) is 16.0. The number of halogens is 1. The number of amides is 1. The summed E-state index contributed by atoms with van der Waals surface area (Å²) in [6.07, 6.45) is 2.45. The Kier molecular flexibility index (Phi) is 4.63. The maximum atomic E-state index is 12.7. The second-order valence-corrected chi connectivity index (χ2v) is 6.26. The fourth-order valence-electron chi connectivity index (χ4n) is 2.87. The van der Waals surface area contributed by atoms with Gasteiger partial charge in [-0.2, -0.15) is 0 Å². The number of benzene rings is 1. The molecular weight excluding hydrogens is 314 g/mol. The molecule has 2 heterocycles. The van der Waals surface area contributed by atoms with Crippen LogP contribution in [-0.4, -0.2) is 44.9 Å². The first-order chi connectivity index (χ1) is 11.1. The van der Waals surface area contributed by atoms with Gasteiger partial charge >= 0.3 is 0 Å². The molecule has 2 N–H and O–H groups in total. The molecule has 122 valence electrons. The Balaban J connectivity index is 1.97.